The second-order valence-corrected chi connectivity index (χ2v) is 7.01. The van der Waals surface area contributed by atoms with Crippen LogP contribution in [0, 0.1) is 6.92 Å². The second kappa shape index (κ2) is 6.92. The van der Waals surface area contributed by atoms with Gasteiger partial charge in [-0.3, -0.25) is 4.79 Å². The molecular weight excluding hydrogens is 334 g/mol. The summed E-state index contributed by atoms with van der Waals surface area (Å²) in [6.07, 6.45) is 0.323. The Bertz CT molecular complexity index is 1140. The third kappa shape index (κ3) is 2.99. The Kier molecular flexibility index (Phi) is 4.44. The smallest absolute Gasteiger partial charge is 0.306 e. The van der Waals surface area contributed by atoms with Gasteiger partial charge in [0.15, 0.2) is 0 Å². The minimum atomic E-state index is -0.194. The molecule has 0 aliphatic heterocycles. The molecule has 0 saturated carbocycles. The van der Waals surface area contributed by atoms with E-state index in [1.54, 1.807) is 0 Å². The first-order valence-electron chi connectivity index (χ1n) is 9.19. The van der Waals surface area contributed by atoms with Gasteiger partial charge in [0, 0.05) is 29.6 Å². The zero-order chi connectivity index (χ0) is 19.0. The van der Waals surface area contributed by atoms with E-state index in [-0.39, 0.29) is 11.9 Å². The van der Waals surface area contributed by atoms with Crippen LogP contribution in [0.1, 0.15) is 29.2 Å². The molecule has 1 heterocycles. The number of nitrogens with zero attached hydrogens (tertiary/aromatic N) is 1. The predicted molar refractivity (Wildman–Crippen MR) is 110 cm³/mol. The number of esters is 1. The van der Waals surface area contributed by atoms with Gasteiger partial charge in [0.05, 0.1) is 13.5 Å². The summed E-state index contributed by atoms with van der Waals surface area (Å²) in [5.41, 5.74) is 4.70. The zero-order valence-electron chi connectivity index (χ0n) is 15.9. The van der Waals surface area contributed by atoms with Crippen molar-refractivity contribution in [3.63, 3.8) is 0 Å². The normalized spacial score (nSPS) is 12.4. The topological polar surface area (TPSA) is 31.2 Å². The molecule has 0 saturated heterocycles. The average molecular weight is 357 g/mol. The van der Waals surface area contributed by atoms with E-state index in [1.165, 1.54) is 40.0 Å². The summed E-state index contributed by atoms with van der Waals surface area (Å²) < 4.78 is 7.23. The first kappa shape index (κ1) is 17.3. The Labute approximate surface area is 159 Å². The molecule has 0 amide bonds. The van der Waals surface area contributed by atoms with E-state index in [9.17, 15) is 4.79 Å². The van der Waals surface area contributed by atoms with E-state index in [1.807, 2.05) is 12.1 Å². The molecule has 0 aliphatic rings. The molecule has 1 unspecified atom stereocenters. The second-order valence-electron chi connectivity index (χ2n) is 7.01. The number of rotatable bonds is 4. The average Bonchev–Trinajstić information content (AvgIpc) is 2.96. The fourth-order valence-electron chi connectivity index (χ4n) is 4.05. The van der Waals surface area contributed by atoms with Crippen LogP contribution in [0.15, 0.2) is 66.7 Å². The van der Waals surface area contributed by atoms with Gasteiger partial charge in [-0.25, -0.2) is 0 Å². The van der Waals surface area contributed by atoms with Crippen molar-refractivity contribution in [2.24, 2.45) is 7.05 Å². The van der Waals surface area contributed by atoms with Gasteiger partial charge in [-0.1, -0.05) is 60.7 Å². The Morgan fingerprint density at radius 2 is 1.70 bits per heavy atom. The SMILES string of the molecule is COC(=O)CC(c1ccc2ccccc2c1)c1c(C)n(C)c2ccccc12. The lowest BCUT2D eigenvalue weighted by molar-refractivity contribution is -0.140. The molecule has 1 atom stereocenters. The number of para-hydroxylation sites is 1. The number of benzene rings is 3. The molecule has 27 heavy (non-hydrogen) atoms. The molecule has 0 bridgehead atoms. The fraction of sp³-hybridized carbons (Fsp3) is 0.208. The summed E-state index contributed by atoms with van der Waals surface area (Å²) >= 11 is 0. The van der Waals surface area contributed by atoms with Crippen molar-refractivity contribution < 1.29 is 9.53 Å². The van der Waals surface area contributed by atoms with Gasteiger partial charge >= 0.3 is 5.97 Å². The van der Waals surface area contributed by atoms with Gasteiger partial charge < -0.3 is 9.30 Å². The van der Waals surface area contributed by atoms with Crippen LogP contribution in [0.5, 0.6) is 0 Å². The van der Waals surface area contributed by atoms with Crippen LogP contribution < -0.4 is 0 Å². The molecule has 4 aromatic rings. The predicted octanol–water partition coefficient (Wildman–Crippen LogP) is 5.33. The van der Waals surface area contributed by atoms with Crippen LogP contribution in [0.2, 0.25) is 0 Å². The summed E-state index contributed by atoms with van der Waals surface area (Å²) in [5, 5.41) is 3.58. The Balaban J connectivity index is 1.94. The van der Waals surface area contributed by atoms with Crippen LogP contribution in [-0.4, -0.2) is 17.6 Å². The molecule has 1 aromatic heterocycles. The fourth-order valence-corrected chi connectivity index (χ4v) is 4.05. The van der Waals surface area contributed by atoms with Crippen molar-refractivity contribution in [2.75, 3.05) is 7.11 Å². The number of hydrogen-bond donors (Lipinski definition) is 0. The molecule has 4 rings (SSSR count). The summed E-state index contributed by atoms with van der Waals surface area (Å²) in [6.45, 7) is 2.13. The van der Waals surface area contributed by atoms with Crippen molar-refractivity contribution in [1.29, 1.82) is 0 Å². The van der Waals surface area contributed by atoms with E-state index in [4.69, 9.17) is 4.74 Å². The lowest BCUT2D eigenvalue weighted by Gasteiger charge is -2.18. The Hall–Kier alpha value is -3.07. The number of aryl methyl sites for hydroxylation is 1. The Morgan fingerprint density at radius 1 is 1.00 bits per heavy atom. The molecule has 0 radical (unpaired) electrons. The zero-order valence-corrected chi connectivity index (χ0v) is 15.9. The van der Waals surface area contributed by atoms with E-state index in [0.717, 1.165) is 5.56 Å². The van der Waals surface area contributed by atoms with Crippen molar-refractivity contribution in [1.82, 2.24) is 4.57 Å². The minimum Gasteiger partial charge on any atom is -0.469 e. The number of carbonyl (C=O) groups excluding carboxylic acids is 1. The molecule has 0 fully saturated rings. The summed E-state index contributed by atoms with van der Waals surface area (Å²) in [7, 11) is 3.53. The van der Waals surface area contributed by atoms with Crippen molar-refractivity contribution in [3.05, 3.63) is 83.6 Å². The lowest BCUT2D eigenvalue weighted by atomic mass is 9.85. The van der Waals surface area contributed by atoms with Crippen LogP contribution >= 0.6 is 0 Å². The highest BCUT2D eigenvalue weighted by Crippen LogP contribution is 2.38. The van der Waals surface area contributed by atoms with E-state index in [2.05, 4.69) is 73.1 Å². The molecule has 136 valence electrons. The maximum Gasteiger partial charge on any atom is 0.306 e. The molecule has 0 aliphatic carbocycles. The largest absolute Gasteiger partial charge is 0.469 e. The molecule has 3 aromatic carbocycles. The standard InChI is InChI=1S/C24H23NO2/c1-16-24(20-10-6-7-11-22(20)25(16)2)21(15-23(26)27-3)19-13-12-17-8-4-5-9-18(17)14-19/h4-14,21H,15H2,1-3H3. The van der Waals surface area contributed by atoms with Gasteiger partial charge in [0.25, 0.3) is 0 Å². The molecular formula is C24H23NO2. The molecule has 0 spiro atoms. The maximum atomic E-state index is 12.3. The quantitative estimate of drug-likeness (QED) is 0.462. The van der Waals surface area contributed by atoms with Crippen LogP contribution in [-0.2, 0) is 16.6 Å². The lowest BCUT2D eigenvalue weighted by Crippen LogP contribution is -2.11. The number of ether oxygens (including phenoxy) is 1. The summed E-state index contributed by atoms with van der Waals surface area (Å²) in [6, 6.07) is 23.2. The first-order valence-corrected chi connectivity index (χ1v) is 9.19. The van der Waals surface area contributed by atoms with E-state index < -0.39 is 0 Å². The van der Waals surface area contributed by atoms with Gasteiger partial charge in [-0.05, 0) is 34.9 Å². The first-order chi connectivity index (χ1) is 13.1. The molecule has 0 N–H and O–H groups in total. The third-order valence-electron chi connectivity index (χ3n) is 5.57. The van der Waals surface area contributed by atoms with Gasteiger partial charge in [-0.15, -0.1) is 0 Å². The number of aromatic nitrogens is 1. The highest BCUT2D eigenvalue weighted by molar-refractivity contribution is 5.88. The summed E-state index contributed by atoms with van der Waals surface area (Å²) in [4.78, 5) is 12.3. The Morgan fingerprint density at radius 3 is 2.48 bits per heavy atom. The van der Waals surface area contributed by atoms with Crippen molar-refractivity contribution >= 4 is 27.6 Å². The number of carbonyl (C=O) groups is 1. The van der Waals surface area contributed by atoms with Crippen molar-refractivity contribution in [3.8, 4) is 0 Å². The molecule has 3 heteroatoms. The molecule has 3 nitrogen and oxygen atoms in total. The van der Waals surface area contributed by atoms with Crippen LogP contribution in [0.3, 0.4) is 0 Å². The number of hydrogen-bond acceptors (Lipinski definition) is 2. The van der Waals surface area contributed by atoms with Gasteiger partial charge in [-0.2, -0.15) is 0 Å². The van der Waals surface area contributed by atoms with Crippen molar-refractivity contribution in [2.45, 2.75) is 19.3 Å². The third-order valence-corrected chi connectivity index (χ3v) is 5.57. The van der Waals surface area contributed by atoms with Crippen LogP contribution in [0.25, 0.3) is 21.7 Å². The van der Waals surface area contributed by atoms with E-state index >= 15 is 0 Å². The number of methoxy groups -OCH3 is 1. The minimum absolute atomic E-state index is 0.0480. The van der Waals surface area contributed by atoms with Gasteiger partial charge in [0.2, 0.25) is 0 Å². The monoisotopic (exact) mass is 357 g/mol. The van der Waals surface area contributed by atoms with Crippen LogP contribution in [0.4, 0.5) is 0 Å². The number of fused-ring (bicyclic) bond motifs is 2. The summed E-state index contributed by atoms with van der Waals surface area (Å²) in [5.74, 6) is -0.242. The van der Waals surface area contributed by atoms with E-state index in [0.29, 0.717) is 6.42 Å². The maximum absolute atomic E-state index is 12.3. The highest BCUT2D eigenvalue weighted by Gasteiger charge is 2.25. The highest BCUT2D eigenvalue weighted by atomic mass is 16.5. The van der Waals surface area contributed by atoms with Gasteiger partial charge in [0.1, 0.15) is 0 Å².